The van der Waals surface area contributed by atoms with E-state index in [1.54, 1.807) is 18.3 Å². The van der Waals surface area contributed by atoms with Gasteiger partial charge in [0.1, 0.15) is 5.82 Å². The minimum absolute atomic E-state index is 0.124. The molecule has 2 rings (SSSR count). The highest BCUT2D eigenvalue weighted by Crippen LogP contribution is 2.17. The van der Waals surface area contributed by atoms with Gasteiger partial charge in [0, 0.05) is 37.0 Å². The van der Waals surface area contributed by atoms with E-state index in [0.717, 1.165) is 11.4 Å². The van der Waals surface area contributed by atoms with Gasteiger partial charge in [-0.3, -0.25) is 10.1 Å². The standard InChI is InChI=1S/C13H15N3O2/c1-10(2)13-14-6-7-15(13)9-11-4-3-5-12(8-11)16(17)18/h3-8,10H,9H2,1-2H3. The number of non-ortho nitro benzene ring substituents is 1. The van der Waals surface area contributed by atoms with Crippen LogP contribution in [0.3, 0.4) is 0 Å². The zero-order chi connectivity index (χ0) is 13.1. The molecule has 2 aromatic rings. The molecule has 0 saturated carbocycles. The number of aromatic nitrogens is 2. The molecule has 1 heterocycles. The van der Waals surface area contributed by atoms with Crippen molar-refractivity contribution in [2.75, 3.05) is 0 Å². The summed E-state index contributed by atoms with van der Waals surface area (Å²) in [6.45, 7) is 4.76. The van der Waals surface area contributed by atoms with E-state index in [1.807, 2.05) is 16.8 Å². The van der Waals surface area contributed by atoms with Gasteiger partial charge in [-0.2, -0.15) is 0 Å². The van der Waals surface area contributed by atoms with Gasteiger partial charge in [0.2, 0.25) is 0 Å². The molecule has 1 aromatic heterocycles. The first-order valence-corrected chi connectivity index (χ1v) is 5.82. The quantitative estimate of drug-likeness (QED) is 0.614. The minimum atomic E-state index is -0.374. The molecule has 94 valence electrons. The van der Waals surface area contributed by atoms with Crippen LogP contribution in [-0.2, 0) is 6.54 Å². The van der Waals surface area contributed by atoms with Crippen LogP contribution in [0, 0.1) is 10.1 Å². The van der Waals surface area contributed by atoms with E-state index in [2.05, 4.69) is 18.8 Å². The number of hydrogen-bond donors (Lipinski definition) is 0. The van der Waals surface area contributed by atoms with Crippen LogP contribution in [-0.4, -0.2) is 14.5 Å². The Balaban J connectivity index is 2.26. The molecular formula is C13H15N3O2. The molecule has 0 bridgehead atoms. The summed E-state index contributed by atoms with van der Waals surface area (Å²) in [6.07, 6.45) is 3.65. The largest absolute Gasteiger partial charge is 0.330 e. The SMILES string of the molecule is CC(C)c1nccn1Cc1cccc([N+](=O)[O-])c1. The lowest BCUT2D eigenvalue weighted by Gasteiger charge is -2.10. The molecule has 0 N–H and O–H groups in total. The molecule has 18 heavy (non-hydrogen) atoms. The average Bonchev–Trinajstić information content (AvgIpc) is 2.77. The van der Waals surface area contributed by atoms with Crippen molar-refractivity contribution in [3.63, 3.8) is 0 Å². The van der Waals surface area contributed by atoms with Crippen LogP contribution in [0.1, 0.15) is 31.2 Å². The number of nitrogens with zero attached hydrogens (tertiary/aromatic N) is 3. The highest BCUT2D eigenvalue weighted by Gasteiger charge is 2.09. The third kappa shape index (κ3) is 2.56. The second kappa shape index (κ2) is 5.00. The Morgan fingerprint density at radius 2 is 2.22 bits per heavy atom. The first-order chi connectivity index (χ1) is 8.58. The van der Waals surface area contributed by atoms with Crippen molar-refractivity contribution in [2.45, 2.75) is 26.3 Å². The Kier molecular flexibility index (Phi) is 3.41. The molecule has 0 aliphatic heterocycles. The van der Waals surface area contributed by atoms with Gasteiger partial charge < -0.3 is 4.57 Å². The van der Waals surface area contributed by atoms with Crippen molar-refractivity contribution in [3.05, 3.63) is 58.2 Å². The van der Waals surface area contributed by atoms with Crippen LogP contribution in [0.25, 0.3) is 0 Å². The summed E-state index contributed by atoms with van der Waals surface area (Å²) in [5.74, 6) is 1.32. The maximum atomic E-state index is 10.7. The normalized spacial score (nSPS) is 10.8. The molecule has 0 amide bonds. The summed E-state index contributed by atoms with van der Waals surface area (Å²) in [6, 6.07) is 6.70. The maximum Gasteiger partial charge on any atom is 0.269 e. The Morgan fingerprint density at radius 1 is 1.44 bits per heavy atom. The molecule has 0 saturated heterocycles. The van der Waals surface area contributed by atoms with Gasteiger partial charge in [-0.25, -0.2) is 4.98 Å². The van der Waals surface area contributed by atoms with Crippen molar-refractivity contribution >= 4 is 5.69 Å². The zero-order valence-corrected chi connectivity index (χ0v) is 10.4. The summed E-state index contributed by atoms with van der Waals surface area (Å²) in [5.41, 5.74) is 1.03. The first kappa shape index (κ1) is 12.3. The molecule has 5 heteroatoms. The van der Waals surface area contributed by atoms with Crippen molar-refractivity contribution in [2.24, 2.45) is 0 Å². The molecular weight excluding hydrogens is 230 g/mol. The van der Waals surface area contributed by atoms with Crippen LogP contribution >= 0.6 is 0 Å². The Hall–Kier alpha value is -2.17. The van der Waals surface area contributed by atoms with Crippen LogP contribution < -0.4 is 0 Å². The topological polar surface area (TPSA) is 61.0 Å². The van der Waals surface area contributed by atoms with E-state index in [0.29, 0.717) is 12.5 Å². The third-order valence-electron chi connectivity index (χ3n) is 2.74. The lowest BCUT2D eigenvalue weighted by Crippen LogP contribution is -2.06. The van der Waals surface area contributed by atoms with Gasteiger partial charge in [0.15, 0.2) is 0 Å². The van der Waals surface area contributed by atoms with Gasteiger partial charge in [0.25, 0.3) is 5.69 Å². The number of imidazole rings is 1. The van der Waals surface area contributed by atoms with Gasteiger partial charge in [-0.15, -0.1) is 0 Å². The smallest absolute Gasteiger partial charge is 0.269 e. The number of benzene rings is 1. The fraction of sp³-hybridized carbons (Fsp3) is 0.308. The minimum Gasteiger partial charge on any atom is -0.330 e. The number of rotatable bonds is 4. The number of nitro groups is 1. The number of nitro benzene ring substituents is 1. The fourth-order valence-corrected chi connectivity index (χ4v) is 1.92. The van der Waals surface area contributed by atoms with Crippen molar-refractivity contribution < 1.29 is 4.92 Å². The van der Waals surface area contributed by atoms with Gasteiger partial charge in [-0.05, 0) is 5.56 Å². The van der Waals surface area contributed by atoms with Crippen molar-refractivity contribution in [3.8, 4) is 0 Å². The van der Waals surface area contributed by atoms with E-state index < -0.39 is 0 Å². The van der Waals surface area contributed by atoms with Crippen molar-refractivity contribution in [1.29, 1.82) is 0 Å². The zero-order valence-electron chi connectivity index (χ0n) is 10.4. The lowest BCUT2D eigenvalue weighted by atomic mass is 10.1. The molecule has 0 fully saturated rings. The van der Waals surface area contributed by atoms with Gasteiger partial charge >= 0.3 is 0 Å². The van der Waals surface area contributed by atoms with Gasteiger partial charge in [-0.1, -0.05) is 26.0 Å². The predicted octanol–water partition coefficient (Wildman–Crippen LogP) is 2.96. The maximum absolute atomic E-state index is 10.7. The lowest BCUT2D eigenvalue weighted by molar-refractivity contribution is -0.384. The van der Waals surface area contributed by atoms with Crippen LogP contribution in [0.2, 0.25) is 0 Å². The highest BCUT2D eigenvalue weighted by atomic mass is 16.6. The van der Waals surface area contributed by atoms with E-state index in [-0.39, 0.29) is 10.6 Å². The molecule has 0 atom stereocenters. The van der Waals surface area contributed by atoms with E-state index in [4.69, 9.17) is 0 Å². The molecule has 0 spiro atoms. The van der Waals surface area contributed by atoms with E-state index in [1.165, 1.54) is 6.07 Å². The Bertz CT molecular complexity index is 561. The van der Waals surface area contributed by atoms with Crippen LogP contribution in [0.15, 0.2) is 36.7 Å². The summed E-state index contributed by atoms with van der Waals surface area (Å²) >= 11 is 0. The van der Waals surface area contributed by atoms with Crippen LogP contribution in [0.5, 0.6) is 0 Å². The Morgan fingerprint density at radius 3 is 2.89 bits per heavy atom. The van der Waals surface area contributed by atoms with E-state index in [9.17, 15) is 10.1 Å². The van der Waals surface area contributed by atoms with Crippen molar-refractivity contribution in [1.82, 2.24) is 9.55 Å². The summed E-state index contributed by atoms with van der Waals surface area (Å²) in [7, 11) is 0. The average molecular weight is 245 g/mol. The Labute approximate surface area is 105 Å². The summed E-state index contributed by atoms with van der Waals surface area (Å²) < 4.78 is 2.02. The molecule has 0 aliphatic carbocycles. The van der Waals surface area contributed by atoms with E-state index >= 15 is 0 Å². The third-order valence-corrected chi connectivity index (χ3v) is 2.74. The number of hydrogen-bond acceptors (Lipinski definition) is 3. The fourth-order valence-electron chi connectivity index (χ4n) is 1.92. The summed E-state index contributed by atoms with van der Waals surface area (Å²) in [5, 5.41) is 10.7. The second-order valence-electron chi connectivity index (χ2n) is 4.50. The molecule has 0 radical (unpaired) electrons. The predicted molar refractivity (Wildman–Crippen MR) is 68.5 cm³/mol. The first-order valence-electron chi connectivity index (χ1n) is 5.82. The molecule has 5 nitrogen and oxygen atoms in total. The van der Waals surface area contributed by atoms with Gasteiger partial charge in [0.05, 0.1) is 4.92 Å². The highest BCUT2D eigenvalue weighted by molar-refractivity contribution is 5.34. The van der Waals surface area contributed by atoms with Crippen LogP contribution in [0.4, 0.5) is 5.69 Å². The second-order valence-corrected chi connectivity index (χ2v) is 4.50. The molecule has 0 unspecified atom stereocenters. The summed E-state index contributed by atoms with van der Waals surface area (Å²) in [4.78, 5) is 14.6. The molecule has 0 aliphatic rings. The monoisotopic (exact) mass is 245 g/mol. The molecule has 1 aromatic carbocycles.